The van der Waals surface area contributed by atoms with Gasteiger partial charge in [0.25, 0.3) is 0 Å². The van der Waals surface area contributed by atoms with E-state index in [9.17, 15) is 47.3 Å². The van der Waals surface area contributed by atoms with Crippen LogP contribution in [0.25, 0.3) is 0 Å². The first-order valence-corrected chi connectivity index (χ1v) is 21.3. The number of rotatable bonds is 14. The van der Waals surface area contributed by atoms with E-state index in [2.05, 4.69) is 44.9 Å². The van der Waals surface area contributed by atoms with Crippen LogP contribution in [0.3, 0.4) is 0 Å². The minimum atomic E-state index is -5.35. The van der Waals surface area contributed by atoms with Gasteiger partial charge in [-0.2, -0.15) is 20.1 Å². The van der Waals surface area contributed by atoms with E-state index < -0.39 is 91.1 Å². The number of halogens is 1. The van der Waals surface area contributed by atoms with Gasteiger partial charge in [0.1, 0.15) is 37.3 Å². The summed E-state index contributed by atoms with van der Waals surface area (Å²) in [5.74, 6) is -0.714. The van der Waals surface area contributed by atoms with Crippen molar-refractivity contribution in [2.75, 3.05) is 60.3 Å². The molecule has 1 fully saturated rings. The Labute approximate surface area is 408 Å². The van der Waals surface area contributed by atoms with Crippen molar-refractivity contribution >= 4 is 104 Å². The van der Waals surface area contributed by atoms with Crippen molar-refractivity contribution in [1.82, 2.24) is 15.0 Å². The molecule has 0 amide bonds. The zero-order chi connectivity index (χ0) is 41.1. The van der Waals surface area contributed by atoms with Crippen LogP contribution in [0, 0.1) is 0 Å². The first-order valence-electron chi connectivity index (χ1n) is 15.2. The average Bonchev–Trinajstić information content (AvgIpc) is 3.10. The molecule has 1 aliphatic rings. The molecule has 0 aliphatic carbocycles. The Morgan fingerprint density at radius 1 is 0.763 bits per heavy atom. The maximum absolute atomic E-state index is 12.4. The Hall–Kier alpha value is -2.04. The van der Waals surface area contributed by atoms with Gasteiger partial charge in [0.2, 0.25) is 27.6 Å². The number of nitrogen functional groups attached to an aromatic ring is 2. The number of hydrogen-bond acceptors (Lipinski definition) is 24. The summed E-state index contributed by atoms with van der Waals surface area (Å²) in [5, 5.41) is 17.8. The van der Waals surface area contributed by atoms with E-state index in [0.717, 1.165) is 36.4 Å². The van der Waals surface area contributed by atoms with Crippen LogP contribution >= 0.6 is 11.6 Å². The molecule has 59 heavy (non-hydrogen) atoms. The summed E-state index contributed by atoms with van der Waals surface area (Å²) in [6.45, 7) is 0.833. The molecule has 1 aromatic heterocycles. The maximum Gasteiger partial charge on any atom is 1.00 e. The Morgan fingerprint density at radius 2 is 1.37 bits per heavy atom. The van der Waals surface area contributed by atoms with E-state index in [4.69, 9.17) is 27.8 Å². The van der Waals surface area contributed by atoms with Gasteiger partial charge in [-0.05, 0) is 60.1 Å². The van der Waals surface area contributed by atoms with Crippen LogP contribution in [0.4, 0.5) is 51.7 Å². The number of hydrogen-bond donors (Lipinski definition) is 3. The summed E-state index contributed by atoms with van der Waals surface area (Å²) in [4.78, 5) is 11.9. The Kier molecular flexibility index (Phi) is 19.7. The molecule has 1 saturated heterocycles. The molecule has 300 valence electrons. The second-order valence-electron chi connectivity index (χ2n) is 11.1. The van der Waals surface area contributed by atoms with Gasteiger partial charge in [-0.1, -0.05) is 0 Å². The second kappa shape index (κ2) is 21.8. The topological polar surface area (TPSA) is 380 Å². The van der Waals surface area contributed by atoms with Gasteiger partial charge in [-0.3, -0.25) is 4.18 Å². The molecule has 24 nitrogen and oxygen atoms in total. The van der Waals surface area contributed by atoms with Gasteiger partial charge in [0.05, 0.1) is 57.3 Å². The molecule has 32 heteroatoms. The summed E-state index contributed by atoms with van der Waals surface area (Å²) in [6, 6.07) is 8.11. The predicted molar refractivity (Wildman–Crippen MR) is 191 cm³/mol. The second-order valence-corrected chi connectivity index (χ2v) is 17.3. The van der Waals surface area contributed by atoms with Crippen molar-refractivity contribution in [2.24, 2.45) is 20.5 Å². The normalized spacial score (nSPS) is 13.7. The van der Waals surface area contributed by atoms with E-state index in [1.165, 1.54) is 6.07 Å². The number of azo groups is 2. The summed E-state index contributed by atoms with van der Waals surface area (Å²) in [6.07, 6.45) is 0. The molecule has 5 N–H and O–H groups in total. The van der Waals surface area contributed by atoms with Gasteiger partial charge in [0.15, 0.2) is 9.84 Å². The fraction of sp³-hybridized carbons (Fsp3) is 0.222. The number of anilines is 5. The van der Waals surface area contributed by atoms with Gasteiger partial charge in [0, 0.05) is 18.8 Å². The SMILES string of the molecule is Nc1c(N=Nc2cc(Nc3nc(Cl)nc(N4CCOCC4)n3)ccc2S(=O)(=O)[O-])cc(S(=O)(=O)[O-])c(N)c1N=Nc1ccc(S(=O)(=O)CCOS(=O)(=O)[O-])cc1.[Na+].[Na+].[Na+]. The molecule has 0 atom stereocenters. The van der Waals surface area contributed by atoms with Crippen molar-refractivity contribution in [3.63, 3.8) is 0 Å². The molecule has 2 heterocycles. The molecule has 1 aliphatic heterocycles. The van der Waals surface area contributed by atoms with Gasteiger partial charge in [-0.25, -0.2) is 33.7 Å². The molecule has 3 aromatic carbocycles. The molecule has 0 spiro atoms. The molecule has 4 aromatic rings. The summed E-state index contributed by atoms with van der Waals surface area (Å²) in [5.41, 5.74) is 9.00. The fourth-order valence-corrected chi connectivity index (χ4v) is 7.52. The third-order valence-electron chi connectivity index (χ3n) is 7.27. The van der Waals surface area contributed by atoms with Crippen molar-refractivity contribution < 1.29 is 145 Å². The molecule has 0 unspecified atom stereocenters. The number of morpholine rings is 1. The van der Waals surface area contributed by atoms with Crippen LogP contribution in [0.2, 0.25) is 5.28 Å². The fourth-order valence-electron chi connectivity index (χ4n) is 4.67. The molecule has 0 saturated carbocycles. The van der Waals surface area contributed by atoms with Gasteiger partial charge >= 0.3 is 88.7 Å². The first kappa shape index (κ1) is 53.1. The number of benzene rings is 3. The molecule has 0 bridgehead atoms. The number of nitrogens with one attached hydrogen (secondary N) is 1. The van der Waals surface area contributed by atoms with Crippen molar-refractivity contribution in [1.29, 1.82) is 0 Å². The van der Waals surface area contributed by atoms with Crippen LogP contribution in [0.15, 0.2) is 83.7 Å². The summed E-state index contributed by atoms with van der Waals surface area (Å²) >= 11 is 6.10. The van der Waals surface area contributed by atoms with Crippen molar-refractivity contribution in [2.45, 2.75) is 14.7 Å². The number of nitrogens with two attached hydrogens (primary N) is 2. The molecule has 5 rings (SSSR count). The average molecular weight is 944 g/mol. The third-order valence-corrected chi connectivity index (χ3v) is 11.3. The van der Waals surface area contributed by atoms with Crippen molar-refractivity contribution in [3.8, 4) is 0 Å². The van der Waals surface area contributed by atoms with E-state index in [0.29, 0.717) is 32.4 Å². The maximum atomic E-state index is 12.4. The van der Waals surface area contributed by atoms with E-state index in [1.807, 2.05) is 0 Å². The number of ether oxygens (including phenoxy) is 1. The molecular formula is C27H25ClN11Na3O13S4. The zero-order valence-electron chi connectivity index (χ0n) is 30.9. The number of aromatic nitrogens is 3. The minimum Gasteiger partial charge on any atom is -0.744 e. The standard InChI is InChI=1S/C27H28ClN11O13S4.3Na/c28-25-32-26(34-27(33-25)39-7-9-51-10-8-39)31-16-3-6-20(54(42,43)44)18(13-16)36-37-19-14-21(55(45,46)47)23(30)24(22(19)29)38-35-15-1-4-17(5-2-15)53(40,41)12-11-52-56(48,49)50;;;/h1-6,13-14H,7-12,29-30H2,(H,42,43,44)(H,45,46,47)(H,48,49,50)(H,31,32,33,34);;;/q;3*+1/p-3. The van der Waals surface area contributed by atoms with Gasteiger partial charge < -0.3 is 40.1 Å². The van der Waals surface area contributed by atoms with E-state index >= 15 is 0 Å². The number of sulfone groups is 1. The van der Waals surface area contributed by atoms with Crippen LogP contribution in [0.1, 0.15) is 0 Å². The monoisotopic (exact) mass is 943 g/mol. The zero-order valence-corrected chi connectivity index (χ0v) is 40.9. The Bertz CT molecular complexity index is 2680. The predicted octanol–water partition coefficient (Wildman–Crippen LogP) is -6.83. The minimum absolute atomic E-state index is 0. The van der Waals surface area contributed by atoms with Crippen LogP contribution in [-0.4, -0.2) is 101 Å². The third kappa shape index (κ3) is 14.8. The molecule has 0 radical (unpaired) electrons. The molecular weight excluding hydrogens is 919 g/mol. The first-order chi connectivity index (χ1) is 26.1. The van der Waals surface area contributed by atoms with Gasteiger partial charge in [-0.15, -0.1) is 15.3 Å². The smallest absolute Gasteiger partial charge is 0.744 e. The van der Waals surface area contributed by atoms with E-state index in [-0.39, 0.29) is 122 Å². The van der Waals surface area contributed by atoms with Crippen molar-refractivity contribution in [3.05, 3.63) is 53.8 Å². The summed E-state index contributed by atoms with van der Waals surface area (Å²) in [7, 11) is -19.8. The van der Waals surface area contributed by atoms with Crippen LogP contribution in [-0.2, 0) is 49.4 Å². The van der Waals surface area contributed by atoms with Crippen LogP contribution in [0.5, 0.6) is 0 Å². The quantitative estimate of drug-likeness (QED) is 0.0348. The largest absolute Gasteiger partial charge is 1.00 e. The Balaban J connectivity index is 0.00000400. The Morgan fingerprint density at radius 3 is 1.97 bits per heavy atom. The summed E-state index contributed by atoms with van der Waals surface area (Å²) < 4.78 is 139. The van der Waals surface area contributed by atoms with Crippen LogP contribution < -0.4 is 110 Å². The number of nitrogens with zero attached hydrogens (tertiary/aromatic N) is 8. The van der Waals surface area contributed by atoms with E-state index in [1.54, 1.807) is 4.90 Å².